The van der Waals surface area contributed by atoms with Crippen LogP contribution in [0.5, 0.6) is 5.75 Å². The molecular weight excluding hydrogens is 667 g/mol. The largest absolute Gasteiger partial charge is 0.514 e. The van der Waals surface area contributed by atoms with E-state index in [1.165, 1.54) is 37.1 Å². The lowest BCUT2D eigenvalue weighted by molar-refractivity contribution is -0.114. The highest BCUT2D eigenvalue weighted by Gasteiger charge is 2.35. The Morgan fingerprint density at radius 2 is 1.46 bits per heavy atom. The summed E-state index contributed by atoms with van der Waals surface area (Å²) in [4.78, 5) is 52.1. The molecule has 1 aliphatic heterocycles. The average molecular weight is 697 g/mol. The van der Waals surface area contributed by atoms with Crippen molar-refractivity contribution < 1.29 is 50.6 Å². The smallest absolute Gasteiger partial charge is 0.429 e. The molecule has 0 saturated heterocycles. The maximum absolute atomic E-state index is 15.3. The number of nitrogens with zero attached hydrogens (tertiary/aromatic N) is 2. The first-order valence-corrected chi connectivity index (χ1v) is 15.0. The molecular formula is C35H29F5N4O6. The Labute approximate surface area is 282 Å². The fraction of sp³-hybridized carbons (Fsp3) is 0.200. The maximum Gasteiger partial charge on any atom is 0.514 e. The van der Waals surface area contributed by atoms with Gasteiger partial charge in [-0.15, -0.1) is 0 Å². The molecule has 0 aliphatic carbocycles. The van der Waals surface area contributed by atoms with E-state index in [0.717, 1.165) is 17.0 Å². The van der Waals surface area contributed by atoms with Crippen molar-refractivity contribution in [3.05, 3.63) is 124 Å². The van der Waals surface area contributed by atoms with E-state index in [1.807, 2.05) is 0 Å². The Balaban J connectivity index is 1.30. The minimum absolute atomic E-state index is 0.0342. The second kappa shape index (κ2) is 14.6. The Bertz CT molecular complexity index is 1950. The van der Waals surface area contributed by atoms with Gasteiger partial charge in [0.2, 0.25) is 5.91 Å². The highest BCUT2D eigenvalue weighted by Crippen LogP contribution is 2.38. The number of amides is 4. The van der Waals surface area contributed by atoms with E-state index in [4.69, 9.17) is 9.47 Å². The van der Waals surface area contributed by atoms with Crippen LogP contribution in [0.1, 0.15) is 52.5 Å². The van der Waals surface area contributed by atoms with Crippen LogP contribution in [-0.2, 0) is 29.2 Å². The van der Waals surface area contributed by atoms with Crippen LogP contribution in [0.15, 0.2) is 66.7 Å². The number of carbonyl (C=O) groups is 4. The molecule has 0 bridgehead atoms. The van der Waals surface area contributed by atoms with Gasteiger partial charge in [0, 0.05) is 67.2 Å². The second-order valence-electron chi connectivity index (χ2n) is 11.3. The van der Waals surface area contributed by atoms with Crippen molar-refractivity contribution in [2.45, 2.75) is 39.6 Å². The fourth-order valence-corrected chi connectivity index (χ4v) is 5.21. The second-order valence-corrected chi connectivity index (χ2v) is 11.3. The van der Waals surface area contributed by atoms with Gasteiger partial charge in [-0.25, -0.2) is 31.5 Å². The van der Waals surface area contributed by atoms with Crippen LogP contribution in [-0.4, -0.2) is 35.9 Å². The van der Waals surface area contributed by atoms with Crippen molar-refractivity contribution >= 4 is 35.4 Å². The van der Waals surface area contributed by atoms with Gasteiger partial charge in [-0.1, -0.05) is 18.2 Å². The molecule has 5 rings (SSSR count). The predicted molar refractivity (Wildman–Crippen MR) is 170 cm³/mol. The Hall–Kier alpha value is -5.99. The summed E-state index contributed by atoms with van der Waals surface area (Å²) in [6, 6.07) is 11.9. The van der Waals surface area contributed by atoms with Crippen molar-refractivity contribution in [3.8, 4) is 5.75 Å². The minimum Gasteiger partial charge on any atom is -0.429 e. The lowest BCUT2D eigenvalue weighted by atomic mass is 9.98. The number of nitrogens with one attached hydrogen (secondary N) is 2. The van der Waals surface area contributed by atoms with Gasteiger partial charge in [-0.2, -0.15) is 0 Å². The topological polar surface area (TPSA) is 117 Å². The number of hydrogen-bond donors (Lipinski definition) is 2. The minimum atomic E-state index is -1.24. The summed E-state index contributed by atoms with van der Waals surface area (Å²) in [5, 5.41) is 4.94. The molecule has 1 atom stereocenters. The fourth-order valence-electron chi connectivity index (χ4n) is 5.21. The number of carbonyl (C=O) groups excluding carboxylic acids is 4. The van der Waals surface area contributed by atoms with Crippen molar-refractivity contribution in [2.24, 2.45) is 0 Å². The predicted octanol–water partition coefficient (Wildman–Crippen LogP) is 7.12. The van der Waals surface area contributed by atoms with E-state index in [2.05, 4.69) is 10.6 Å². The molecule has 1 aliphatic rings. The average Bonchev–Trinajstić information content (AvgIpc) is 3.05. The Morgan fingerprint density at radius 1 is 0.840 bits per heavy atom. The van der Waals surface area contributed by atoms with Gasteiger partial charge < -0.3 is 25.0 Å². The summed E-state index contributed by atoms with van der Waals surface area (Å²) < 4.78 is 82.0. The summed E-state index contributed by atoms with van der Waals surface area (Å²) in [5.41, 5.74) is 0.618. The highest BCUT2D eigenvalue weighted by atomic mass is 19.2. The molecule has 10 nitrogen and oxygen atoms in total. The van der Waals surface area contributed by atoms with Gasteiger partial charge in [-0.3, -0.25) is 14.5 Å². The SMILES string of the molecule is CC(=O)Nc1ccc(COC(=O)Oc2cc(F)c(CN3C(=O)N(C)[C@@H](C)c4ccc(C(=O)NCc5c(F)cc(F)cc5F)cc43)c(F)c2)cc1. The van der Waals surface area contributed by atoms with E-state index < -0.39 is 83.2 Å². The number of halogens is 5. The zero-order chi connectivity index (χ0) is 36.3. The van der Waals surface area contributed by atoms with E-state index in [-0.39, 0.29) is 23.8 Å². The monoisotopic (exact) mass is 696 g/mol. The first-order chi connectivity index (χ1) is 23.7. The van der Waals surface area contributed by atoms with Crippen LogP contribution in [0, 0.1) is 29.1 Å². The van der Waals surface area contributed by atoms with Crippen LogP contribution >= 0.6 is 0 Å². The van der Waals surface area contributed by atoms with E-state index in [9.17, 15) is 32.3 Å². The summed E-state index contributed by atoms with van der Waals surface area (Å²) in [5.74, 6) is -7.33. The molecule has 0 aromatic heterocycles. The number of urea groups is 1. The molecule has 1 heterocycles. The first-order valence-electron chi connectivity index (χ1n) is 15.0. The van der Waals surface area contributed by atoms with E-state index in [0.29, 0.717) is 28.9 Å². The molecule has 0 saturated carbocycles. The molecule has 0 radical (unpaired) electrons. The number of fused-ring (bicyclic) bond motifs is 1. The summed E-state index contributed by atoms with van der Waals surface area (Å²) in [6.07, 6.45) is -1.24. The molecule has 2 N–H and O–H groups in total. The highest BCUT2D eigenvalue weighted by molar-refractivity contribution is 6.00. The van der Waals surface area contributed by atoms with Crippen LogP contribution in [0.3, 0.4) is 0 Å². The van der Waals surface area contributed by atoms with Gasteiger partial charge in [0.15, 0.2) is 0 Å². The summed E-state index contributed by atoms with van der Waals surface area (Å²) >= 11 is 0. The first kappa shape index (κ1) is 35.3. The lowest BCUT2D eigenvalue weighted by Gasteiger charge is -2.39. The van der Waals surface area contributed by atoms with Crippen LogP contribution in [0.2, 0.25) is 0 Å². The number of anilines is 2. The standard InChI is InChI=1S/C35H29F5N4O6/c1-18-25-9-6-21(33(46)41-15-26-28(37)11-22(36)12-29(26)38)10-32(25)44(34(47)43(18)3)16-27-30(39)13-24(14-31(27)40)50-35(48)49-17-20-4-7-23(8-5-20)42-19(2)45/h4-14,18H,15-17H2,1-3H3,(H,41,46)(H,42,45)/t18-/m0/s1. The molecule has 0 unspecified atom stereocenters. The quantitative estimate of drug-likeness (QED) is 0.109. The van der Waals surface area contributed by atoms with Crippen molar-refractivity contribution in [1.29, 1.82) is 0 Å². The van der Waals surface area contributed by atoms with Crippen LogP contribution in [0.4, 0.5) is 42.9 Å². The van der Waals surface area contributed by atoms with Gasteiger partial charge in [0.25, 0.3) is 5.91 Å². The number of ether oxygens (including phenoxy) is 2. The maximum atomic E-state index is 15.3. The van der Waals surface area contributed by atoms with E-state index >= 15 is 8.78 Å². The Kier molecular flexibility index (Phi) is 10.3. The molecule has 4 amide bonds. The van der Waals surface area contributed by atoms with Gasteiger partial charge in [-0.05, 0) is 42.3 Å². The molecule has 50 heavy (non-hydrogen) atoms. The zero-order valence-corrected chi connectivity index (χ0v) is 26.8. The zero-order valence-electron chi connectivity index (χ0n) is 26.8. The van der Waals surface area contributed by atoms with Crippen molar-refractivity contribution in [3.63, 3.8) is 0 Å². The number of benzene rings is 4. The van der Waals surface area contributed by atoms with Gasteiger partial charge in [0.05, 0.1) is 18.3 Å². The van der Waals surface area contributed by atoms with Crippen LogP contribution in [0.25, 0.3) is 0 Å². The van der Waals surface area contributed by atoms with Gasteiger partial charge >= 0.3 is 12.2 Å². The summed E-state index contributed by atoms with van der Waals surface area (Å²) in [6.45, 7) is 1.59. The molecule has 260 valence electrons. The van der Waals surface area contributed by atoms with Crippen molar-refractivity contribution in [2.75, 3.05) is 17.3 Å². The molecule has 4 aromatic rings. The normalized spacial score (nSPS) is 13.8. The molecule has 0 spiro atoms. The Morgan fingerprint density at radius 3 is 2.08 bits per heavy atom. The third-order valence-electron chi connectivity index (χ3n) is 7.94. The number of hydrogen-bond acceptors (Lipinski definition) is 6. The van der Waals surface area contributed by atoms with E-state index in [1.54, 1.807) is 31.2 Å². The third-order valence-corrected chi connectivity index (χ3v) is 7.94. The third kappa shape index (κ3) is 7.83. The number of rotatable bonds is 9. The molecule has 15 heteroatoms. The molecule has 0 fully saturated rings. The van der Waals surface area contributed by atoms with Crippen LogP contribution < -0.4 is 20.3 Å². The van der Waals surface area contributed by atoms with Gasteiger partial charge in [0.1, 0.15) is 41.4 Å². The summed E-state index contributed by atoms with van der Waals surface area (Å²) in [7, 11) is 1.49. The molecule has 4 aromatic carbocycles. The van der Waals surface area contributed by atoms with Crippen molar-refractivity contribution in [1.82, 2.24) is 10.2 Å². The lowest BCUT2D eigenvalue weighted by Crippen LogP contribution is -2.47.